The van der Waals surface area contributed by atoms with E-state index < -0.39 is 5.97 Å². The molecule has 0 unspecified atom stereocenters. The van der Waals surface area contributed by atoms with Crippen LogP contribution in [0.3, 0.4) is 0 Å². The van der Waals surface area contributed by atoms with E-state index in [1.165, 1.54) is 22.8 Å². The van der Waals surface area contributed by atoms with Gasteiger partial charge in [-0.3, -0.25) is 0 Å². The second kappa shape index (κ2) is 6.51. The van der Waals surface area contributed by atoms with E-state index in [2.05, 4.69) is 0 Å². The van der Waals surface area contributed by atoms with Crippen LogP contribution in [0.2, 0.25) is 4.34 Å². The number of hydrogen-bond donors (Lipinski definition) is 0. The van der Waals surface area contributed by atoms with Crippen molar-refractivity contribution < 1.29 is 9.53 Å². The monoisotopic (exact) mass is 259 g/mol. The van der Waals surface area contributed by atoms with Crippen molar-refractivity contribution >= 4 is 40.7 Å². The Morgan fingerprint density at radius 3 is 3.13 bits per heavy atom. The van der Waals surface area contributed by atoms with Crippen molar-refractivity contribution in [1.29, 1.82) is 5.26 Å². The molecule has 0 amide bonds. The number of thiocyanates is 1. The molecule has 3 nitrogen and oxygen atoms in total. The molecule has 0 aliphatic rings. The molecule has 0 saturated carbocycles. The van der Waals surface area contributed by atoms with Crippen molar-refractivity contribution in [3.05, 3.63) is 32.8 Å². The molecule has 1 aromatic heterocycles. The molecular formula is C9H6ClNO2S2. The summed E-state index contributed by atoms with van der Waals surface area (Å²) in [4.78, 5) is 11.9. The first-order chi connectivity index (χ1) is 7.22. The van der Waals surface area contributed by atoms with Crippen molar-refractivity contribution in [2.45, 2.75) is 6.61 Å². The maximum atomic E-state index is 11.0. The summed E-state index contributed by atoms with van der Waals surface area (Å²) < 4.78 is 5.55. The van der Waals surface area contributed by atoms with Gasteiger partial charge in [-0.1, -0.05) is 11.6 Å². The van der Waals surface area contributed by atoms with Crippen LogP contribution in [-0.4, -0.2) is 5.97 Å². The summed E-state index contributed by atoms with van der Waals surface area (Å²) >= 11 is 7.94. The summed E-state index contributed by atoms with van der Waals surface area (Å²) in [7, 11) is 0. The molecule has 15 heavy (non-hydrogen) atoms. The Morgan fingerprint density at radius 1 is 1.73 bits per heavy atom. The van der Waals surface area contributed by atoms with Gasteiger partial charge in [0, 0.05) is 11.0 Å². The number of nitriles is 1. The second-order valence-electron chi connectivity index (χ2n) is 2.33. The highest BCUT2D eigenvalue weighted by Gasteiger charge is 2.01. The largest absolute Gasteiger partial charge is 0.457 e. The first kappa shape index (κ1) is 12.1. The van der Waals surface area contributed by atoms with Crippen LogP contribution in [0, 0.1) is 10.7 Å². The van der Waals surface area contributed by atoms with Crippen molar-refractivity contribution in [2.24, 2.45) is 0 Å². The lowest BCUT2D eigenvalue weighted by Gasteiger charge is -1.97. The Balaban J connectivity index is 2.32. The number of rotatable bonds is 4. The maximum Gasteiger partial charge on any atom is 0.331 e. The first-order valence-electron chi connectivity index (χ1n) is 3.84. The Hall–Kier alpha value is -0.960. The summed E-state index contributed by atoms with van der Waals surface area (Å²) in [5.41, 5.74) is 0. The lowest BCUT2D eigenvalue weighted by atomic mass is 10.5. The molecular weight excluding hydrogens is 254 g/mol. The maximum absolute atomic E-state index is 11.0. The number of carbonyl (C=O) groups excluding carboxylic acids is 1. The summed E-state index contributed by atoms with van der Waals surface area (Å²) in [6.07, 6.45) is 1.21. The third-order valence-corrected chi connectivity index (χ3v) is 2.89. The standard InChI is InChI=1S/C9H6ClNO2S2/c10-8-2-1-7(15-8)5-13-9(12)3-4-14-6-11/h1-4H,5H2. The predicted octanol–water partition coefficient (Wildman–Crippen LogP) is 3.17. The fourth-order valence-corrected chi connectivity index (χ4v) is 1.98. The van der Waals surface area contributed by atoms with Crippen LogP contribution in [0.1, 0.15) is 4.88 Å². The molecule has 6 heteroatoms. The Morgan fingerprint density at radius 2 is 2.53 bits per heavy atom. The summed E-state index contributed by atoms with van der Waals surface area (Å²) in [6.45, 7) is 0.206. The number of halogens is 1. The van der Waals surface area contributed by atoms with Gasteiger partial charge in [-0.2, -0.15) is 5.26 Å². The van der Waals surface area contributed by atoms with Gasteiger partial charge in [-0.05, 0) is 29.3 Å². The molecule has 0 atom stereocenters. The number of nitrogens with zero attached hydrogens (tertiary/aromatic N) is 1. The molecule has 0 N–H and O–H groups in total. The van der Waals surface area contributed by atoms with Crippen LogP contribution in [0.5, 0.6) is 0 Å². The zero-order valence-corrected chi connectivity index (χ0v) is 9.86. The normalized spacial score (nSPS) is 10.1. The van der Waals surface area contributed by atoms with E-state index in [0.29, 0.717) is 4.34 Å². The number of esters is 1. The predicted molar refractivity (Wildman–Crippen MR) is 61.5 cm³/mol. The topological polar surface area (TPSA) is 50.1 Å². The van der Waals surface area contributed by atoms with Crippen LogP contribution >= 0.6 is 34.7 Å². The highest BCUT2D eigenvalue weighted by Crippen LogP contribution is 2.21. The van der Waals surface area contributed by atoms with E-state index in [1.54, 1.807) is 17.5 Å². The molecule has 0 radical (unpaired) electrons. The highest BCUT2D eigenvalue weighted by molar-refractivity contribution is 8.06. The third-order valence-electron chi connectivity index (χ3n) is 1.31. The number of carbonyl (C=O) groups is 1. The highest BCUT2D eigenvalue weighted by atomic mass is 35.5. The smallest absolute Gasteiger partial charge is 0.331 e. The van der Waals surface area contributed by atoms with Gasteiger partial charge in [0.05, 0.1) is 4.34 Å². The van der Waals surface area contributed by atoms with E-state index in [1.807, 2.05) is 0 Å². The lowest BCUT2D eigenvalue weighted by molar-refractivity contribution is -0.138. The van der Waals surface area contributed by atoms with Gasteiger partial charge >= 0.3 is 5.97 Å². The Labute approximate surface area is 100 Å². The third kappa shape index (κ3) is 4.88. The molecule has 1 aromatic rings. The van der Waals surface area contributed by atoms with Crippen LogP contribution < -0.4 is 0 Å². The van der Waals surface area contributed by atoms with Crippen molar-refractivity contribution in [3.63, 3.8) is 0 Å². The summed E-state index contributed by atoms with van der Waals surface area (Å²) in [5, 5.41) is 11.4. The number of ether oxygens (including phenoxy) is 1. The zero-order valence-electron chi connectivity index (χ0n) is 7.47. The minimum atomic E-state index is -0.470. The van der Waals surface area contributed by atoms with Crippen LogP contribution in [-0.2, 0) is 16.1 Å². The molecule has 0 aliphatic heterocycles. The van der Waals surface area contributed by atoms with Crippen molar-refractivity contribution in [3.8, 4) is 5.40 Å². The quantitative estimate of drug-likeness (QED) is 0.473. The minimum Gasteiger partial charge on any atom is -0.457 e. The number of thiophene rings is 1. The fourth-order valence-electron chi connectivity index (χ4n) is 0.740. The average molecular weight is 260 g/mol. The van der Waals surface area contributed by atoms with E-state index >= 15 is 0 Å². The van der Waals surface area contributed by atoms with Crippen LogP contribution in [0.25, 0.3) is 0 Å². The van der Waals surface area contributed by atoms with E-state index in [9.17, 15) is 4.79 Å². The average Bonchev–Trinajstić information content (AvgIpc) is 2.62. The van der Waals surface area contributed by atoms with Gasteiger partial charge in [0.2, 0.25) is 0 Å². The first-order valence-corrected chi connectivity index (χ1v) is 5.92. The molecule has 0 saturated heterocycles. The number of thioether (sulfide) groups is 1. The van der Waals surface area contributed by atoms with Gasteiger partial charge < -0.3 is 4.74 Å². The molecule has 0 spiro atoms. The Bertz CT molecular complexity index is 408. The summed E-state index contributed by atoms with van der Waals surface area (Å²) in [5.74, 6) is -0.470. The molecule has 0 bridgehead atoms. The van der Waals surface area contributed by atoms with Crippen LogP contribution in [0.15, 0.2) is 23.6 Å². The molecule has 78 valence electrons. The molecule has 0 fully saturated rings. The molecule has 0 aromatic carbocycles. The SMILES string of the molecule is N#CSC=CC(=O)OCc1ccc(Cl)s1. The zero-order chi connectivity index (χ0) is 11.1. The van der Waals surface area contributed by atoms with Gasteiger partial charge in [0.25, 0.3) is 0 Å². The van der Waals surface area contributed by atoms with E-state index in [-0.39, 0.29) is 6.61 Å². The van der Waals surface area contributed by atoms with Gasteiger partial charge in [0.15, 0.2) is 0 Å². The molecule has 0 aliphatic carbocycles. The van der Waals surface area contributed by atoms with Crippen LogP contribution in [0.4, 0.5) is 0 Å². The van der Waals surface area contributed by atoms with Gasteiger partial charge in [-0.15, -0.1) is 11.3 Å². The van der Waals surface area contributed by atoms with Crippen molar-refractivity contribution in [2.75, 3.05) is 0 Å². The second-order valence-corrected chi connectivity index (χ2v) is 4.82. The van der Waals surface area contributed by atoms with E-state index in [4.69, 9.17) is 21.6 Å². The molecule has 1 rings (SSSR count). The Kier molecular flexibility index (Phi) is 5.26. The number of hydrogen-bond acceptors (Lipinski definition) is 5. The molecule has 1 heterocycles. The fraction of sp³-hybridized carbons (Fsp3) is 0.111. The van der Waals surface area contributed by atoms with Crippen molar-refractivity contribution in [1.82, 2.24) is 0 Å². The summed E-state index contributed by atoms with van der Waals surface area (Å²) in [6, 6.07) is 3.55. The van der Waals surface area contributed by atoms with Gasteiger partial charge in [0.1, 0.15) is 12.0 Å². The lowest BCUT2D eigenvalue weighted by Crippen LogP contribution is -1.98. The van der Waals surface area contributed by atoms with E-state index in [0.717, 1.165) is 16.6 Å². The van der Waals surface area contributed by atoms with Gasteiger partial charge in [-0.25, -0.2) is 4.79 Å². The minimum absolute atomic E-state index is 0.206.